The van der Waals surface area contributed by atoms with E-state index in [0.29, 0.717) is 34.0 Å². The lowest BCUT2D eigenvalue weighted by Gasteiger charge is -2.66. The number of piperidine rings is 1. The Hall–Kier alpha value is -4.99. The number of fused-ring (bicyclic) bond motifs is 1. The number of hydrogen-bond donors (Lipinski definition) is 1. The van der Waals surface area contributed by atoms with Crippen molar-refractivity contribution in [1.82, 2.24) is 19.7 Å². The maximum absolute atomic E-state index is 14.3. The number of rotatable bonds is 10. The molecule has 3 aromatic rings. The minimum Gasteiger partial charge on any atom is -0.489 e. The van der Waals surface area contributed by atoms with Gasteiger partial charge in [-0.25, -0.2) is 0 Å². The number of pyridine rings is 1. The molecular weight excluding hydrogens is 706 g/mol. The SMILES string of the molecule is CC1(C)C(Oc2ccc(C#N)c(Cl)c2)C(C)(C)C1N1C(=O)CCC(N2Cc3cc(N4CCN(CCCc5ccc(C(N)=O)cn5)CC4)ccc3C2=O)C1=O. The van der Waals surface area contributed by atoms with Crippen LogP contribution in [0, 0.1) is 22.2 Å². The Labute approximate surface area is 320 Å². The topological polar surface area (TPSA) is 153 Å². The van der Waals surface area contributed by atoms with Crippen LogP contribution in [-0.2, 0) is 22.6 Å². The van der Waals surface area contributed by atoms with E-state index in [1.165, 1.54) is 11.1 Å². The predicted octanol–water partition coefficient (Wildman–Crippen LogP) is 4.82. The van der Waals surface area contributed by atoms with Crippen LogP contribution in [0.15, 0.2) is 54.7 Å². The van der Waals surface area contributed by atoms with Crippen molar-refractivity contribution in [3.05, 3.63) is 87.7 Å². The van der Waals surface area contributed by atoms with E-state index < -0.39 is 28.8 Å². The molecule has 1 saturated carbocycles. The largest absolute Gasteiger partial charge is 0.489 e. The lowest BCUT2D eigenvalue weighted by atomic mass is 9.48. The first-order valence-electron chi connectivity index (χ1n) is 18.6. The average molecular weight is 752 g/mol. The lowest BCUT2D eigenvalue weighted by Crippen LogP contribution is -2.77. The van der Waals surface area contributed by atoms with E-state index in [9.17, 15) is 24.4 Å². The fourth-order valence-corrected chi connectivity index (χ4v) is 9.64. The summed E-state index contributed by atoms with van der Waals surface area (Å²) in [5.74, 6) is -0.717. The van der Waals surface area contributed by atoms with E-state index in [1.807, 2.05) is 45.9 Å². The van der Waals surface area contributed by atoms with Crippen molar-refractivity contribution in [2.45, 2.75) is 78.1 Å². The summed E-state index contributed by atoms with van der Waals surface area (Å²) in [5, 5.41) is 9.56. The number of ether oxygens (including phenoxy) is 1. The van der Waals surface area contributed by atoms with Crippen molar-refractivity contribution >= 4 is 40.9 Å². The summed E-state index contributed by atoms with van der Waals surface area (Å²) in [5.41, 5.74) is 8.36. The quantitative estimate of drug-likeness (QED) is 0.288. The molecule has 0 bridgehead atoms. The van der Waals surface area contributed by atoms with Gasteiger partial charge in [-0.2, -0.15) is 5.26 Å². The van der Waals surface area contributed by atoms with Crippen LogP contribution in [0.2, 0.25) is 5.02 Å². The third-order valence-electron chi connectivity index (χ3n) is 11.8. The number of nitrogens with zero attached hydrogens (tertiary/aromatic N) is 6. The third kappa shape index (κ3) is 6.69. The molecule has 2 saturated heterocycles. The third-order valence-corrected chi connectivity index (χ3v) is 12.1. The molecule has 54 heavy (non-hydrogen) atoms. The molecule has 12 nitrogen and oxygen atoms in total. The van der Waals surface area contributed by atoms with E-state index in [4.69, 9.17) is 22.1 Å². The summed E-state index contributed by atoms with van der Waals surface area (Å²) in [4.78, 5) is 65.2. The second-order valence-electron chi connectivity index (χ2n) is 16.1. The van der Waals surface area contributed by atoms with Gasteiger partial charge in [-0.15, -0.1) is 0 Å². The van der Waals surface area contributed by atoms with Gasteiger partial charge in [-0.1, -0.05) is 39.3 Å². The molecule has 0 radical (unpaired) electrons. The molecule has 1 unspecified atom stereocenters. The number of anilines is 1. The van der Waals surface area contributed by atoms with Gasteiger partial charge in [0.15, 0.2) is 0 Å². The molecule has 1 aromatic heterocycles. The highest BCUT2D eigenvalue weighted by Crippen LogP contribution is 2.58. The van der Waals surface area contributed by atoms with E-state index in [1.54, 1.807) is 29.2 Å². The Balaban J connectivity index is 0.970. The maximum atomic E-state index is 14.3. The fraction of sp³-hybridized carbons (Fsp3) is 0.463. The molecule has 4 aliphatic rings. The Morgan fingerprint density at radius 3 is 2.41 bits per heavy atom. The zero-order valence-corrected chi connectivity index (χ0v) is 31.9. The first-order valence-corrected chi connectivity index (χ1v) is 19.0. The molecule has 0 spiro atoms. The first kappa shape index (κ1) is 37.3. The summed E-state index contributed by atoms with van der Waals surface area (Å²) in [6.07, 6.45) is 3.41. The predicted molar refractivity (Wildman–Crippen MR) is 203 cm³/mol. The smallest absolute Gasteiger partial charge is 0.255 e. The van der Waals surface area contributed by atoms with Crippen molar-refractivity contribution < 1.29 is 23.9 Å². The van der Waals surface area contributed by atoms with Gasteiger partial charge in [0.2, 0.25) is 11.8 Å². The number of hydrogen-bond acceptors (Lipinski definition) is 9. The summed E-state index contributed by atoms with van der Waals surface area (Å²) in [6, 6.07) is 15.3. The van der Waals surface area contributed by atoms with Crippen LogP contribution < -0.4 is 15.4 Å². The summed E-state index contributed by atoms with van der Waals surface area (Å²) in [6.45, 7) is 12.8. The maximum Gasteiger partial charge on any atom is 0.255 e. The minimum absolute atomic E-state index is 0.170. The van der Waals surface area contributed by atoms with Crippen molar-refractivity contribution in [2.75, 3.05) is 37.6 Å². The van der Waals surface area contributed by atoms with Crippen LogP contribution >= 0.6 is 11.6 Å². The number of imide groups is 1. The van der Waals surface area contributed by atoms with Crippen molar-refractivity contribution in [1.29, 1.82) is 5.26 Å². The molecule has 4 amide bonds. The molecule has 2 aromatic carbocycles. The van der Waals surface area contributed by atoms with Gasteiger partial charge < -0.3 is 20.3 Å². The number of carbonyl (C=O) groups is 4. The number of aryl methyl sites for hydroxylation is 1. The lowest BCUT2D eigenvalue weighted by molar-refractivity contribution is -0.216. The molecule has 7 rings (SSSR count). The molecule has 282 valence electrons. The van der Waals surface area contributed by atoms with Crippen molar-refractivity contribution in [3.8, 4) is 11.8 Å². The molecule has 13 heteroatoms. The average Bonchev–Trinajstić information content (AvgIpc) is 3.47. The number of carbonyl (C=O) groups excluding carboxylic acids is 4. The molecule has 1 aliphatic carbocycles. The first-order chi connectivity index (χ1) is 25.7. The zero-order valence-electron chi connectivity index (χ0n) is 31.2. The van der Waals surface area contributed by atoms with Gasteiger partial charge in [0.05, 0.1) is 22.2 Å². The normalized spacial score (nSPS) is 23.5. The standard InChI is InChI=1S/C41H46ClN7O5/c1-40(2)38(41(3,4)39(40)54-30-11-8-25(22-43)32(42)21-30)49-34(50)14-13-33(37(49)53)48-24-27-20-29(10-12-31(27)36(48)52)47-18-16-46(17-19-47)15-5-6-28-9-7-26(23-45-28)35(44)51/h7-12,20-21,23,33,38-39H,5-6,13-19,24H2,1-4H3,(H2,44,51). The van der Waals surface area contributed by atoms with Gasteiger partial charge >= 0.3 is 0 Å². The van der Waals surface area contributed by atoms with Crippen molar-refractivity contribution in [3.63, 3.8) is 0 Å². The second-order valence-corrected chi connectivity index (χ2v) is 16.5. The van der Waals surface area contributed by atoms with Gasteiger partial charge in [-0.3, -0.25) is 34.0 Å². The fourth-order valence-electron chi connectivity index (χ4n) is 9.43. The highest BCUT2D eigenvalue weighted by Gasteiger charge is 2.68. The number of benzene rings is 2. The number of amides is 4. The molecular formula is C41H46ClN7O5. The molecule has 4 heterocycles. The van der Waals surface area contributed by atoms with Crippen LogP contribution in [0.4, 0.5) is 5.69 Å². The summed E-state index contributed by atoms with van der Waals surface area (Å²) >= 11 is 6.28. The van der Waals surface area contributed by atoms with Crippen LogP contribution in [0.25, 0.3) is 0 Å². The number of halogens is 1. The van der Waals surface area contributed by atoms with Gasteiger partial charge in [-0.05, 0) is 73.8 Å². The number of likely N-dealkylation sites (tertiary alicyclic amines) is 1. The van der Waals surface area contributed by atoms with Gasteiger partial charge in [0.1, 0.15) is 24.0 Å². The monoisotopic (exact) mass is 751 g/mol. The molecule has 3 aliphatic heterocycles. The van der Waals surface area contributed by atoms with Crippen LogP contribution in [0.3, 0.4) is 0 Å². The Morgan fingerprint density at radius 1 is 1.02 bits per heavy atom. The number of primary amides is 1. The highest BCUT2D eigenvalue weighted by atomic mass is 35.5. The van der Waals surface area contributed by atoms with Crippen LogP contribution in [0.5, 0.6) is 5.75 Å². The molecule has 2 N–H and O–H groups in total. The number of aromatic nitrogens is 1. The van der Waals surface area contributed by atoms with Gasteiger partial charge in [0.25, 0.3) is 11.8 Å². The Bertz CT molecular complexity index is 2020. The van der Waals surface area contributed by atoms with Crippen LogP contribution in [-0.4, -0.2) is 94.2 Å². The highest BCUT2D eigenvalue weighted by molar-refractivity contribution is 6.31. The van der Waals surface area contributed by atoms with E-state index in [2.05, 4.69) is 26.9 Å². The number of nitrogens with two attached hydrogens (primary N) is 1. The molecule has 3 fully saturated rings. The summed E-state index contributed by atoms with van der Waals surface area (Å²) in [7, 11) is 0. The van der Waals surface area contributed by atoms with Gasteiger partial charge in [0, 0.05) is 79.2 Å². The number of piperazine rings is 1. The number of nitriles is 1. The minimum atomic E-state index is -0.741. The summed E-state index contributed by atoms with van der Waals surface area (Å²) < 4.78 is 6.42. The molecule has 1 atom stereocenters. The second kappa shape index (κ2) is 14.3. The van der Waals surface area contributed by atoms with E-state index in [0.717, 1.165) is 62.5 Å². The van der Waals surface area contributed by atoms with Crippen LogP contribution in [0.1, 0.15) is 84.5 Å². The zero-order chi connectivity index (χ0) is 38.5. The Kier molecular flexibility index (Phi) is 9.91. The van der Waals surface area contributed by atoms with E-state index in [-0.39, 0.29) is 36.7 Å². The van der Waals surface area contributed by atoms with E-state index >= 15 is 0 Å². The Morgan fingerprint density at radius 2 is 1.76 bits per heavy atom. The van der Waals surface area contributed by atoms with Crippen molar-refractivity contribution in [2.24, 2.45) is 16.6 Å².